The van der Waals surface area contributed by atoms with E-state index in [1.54, 1.807) is 12.5 Å². The van der Waals surface area contributed by atoms with Gasteiger partial charge in [-0.05, 0) is 30.8 Å². The Morgan fingerprint density at radius 3 is 3.12 bits per heavy atom. The minimum Gasteiger partial charge on any atom is -0.469 e. The number of rotatable bonds is 5. The zero-order valence-corrected chi connectivity index (χ0v) is 9.14. The van der Waals surface area contributed by atoms with Crippen LogP contribution >= 0.6 is 0 Å². The molecular weight excluding hydrogens is 204 g/mol. The van der Waals surface area contributed by atoms with Crippen molar-refractivity contribution in [3.05, 3.63) is 48.0 Å². The van der Waals surface area contributed by atoms with Gasteiger partial charge in [-0.25, -0.2) is 4.98 Å². The molecule has 1 N–H and O–H groups in total. The Hall–Kier alpha value is -1.81. The van der Waals surface area contributed by atoms with Crippen molar-refractivity contribution in [2.24, 2.45) is 0 Å². The van der Waals surface area contributed by atoms with Gasteiger partial charge in [0.05, 0.1) is 6.26 Å². The molecule has 16 heavy (non-hydrogen) atoms. The highest BCUT2D eigenvalue weighted by Gasteiger charge is 2.00. The lowest BCUT2D eigenvalue weighted by Gasteiger charge is -2.05. The van der Waals surface area contributed by atoms with E-state index in [4.69, 9.17) is 9.15 Å². The van der Waals surface area contributed by atoms with Crippen LogP contribution in [-0.4, -0.2) is 12.0 Å². The molecule has 0 radical (unpaired) electrons. The Morgan fingerprint density at radius 1 is 1.44 bits per heavy atom. The maximum atomic E-state index is 5.50. The van der Waals surface area contributed by atoms with Crippen LogP contribution in [0.4, 0.5) is 0 Å². The minimum absolute atomic E-state index is 0.406. The molecule has 0 atom stereocenters. The van der Waals surface area contributed by atoms with Gasteiger partial charge < -0.3 is 14.5 Å². The van der Waals surface area contributed by atoms with Gasteiger partial charge in [0, 0.05) is 18.8 Å². The van der Waals surface area contributed by atoms with E-state index in [0.29, 0.717) is 12.5 Å². The van der Waals surface area contributed by atoms with Crippen LogP contribution in [0.3, 0.4) is 0 Å². The number of furan rings is 1. The topological polar surface area (TPSA) is 47.3 Å². The lowest BCUT2D eigenvalue weighted by molar-refractivity contribution is 0.260. The molecule has 2 aromatic heterocycles. The highest BCUT2D eigenvalue weighted by atomic mass is 16.5. The molecule has 84 valence electrons. The van der Waals surface area contributed by atoms with Crippen LogP contribution in [0.15, 0.2) is 41.1 Å². The van der Waals surface area contributed by atoms with Crippen molar-refractivity contribution < 1.29 is 9.15 Å². The number of pyridine rings is 1. The van der Waals surface area contributed by atoms with Crippen LogP contribution in [0, 0.1) is 0 Å². The fourth-order valence-electron chi connectivity index (χ4n) is 1.38. The van der Waals surface area contributed by atoms with Crippen molar-refractivity contribution in [1.82, 2.24) is 10.3 Å². The molecule has 0 aromatic carbocycles. The minimum atomic E-state index is 0.406. The normalized spacial score (nSPS) is 10.3. The van der Waals surface area contributed by atoms with E-state index in [2.05, 4.69) is 10.3 Å². The van der Waals surface area contributed by atoms with E-state index in [1.807, 2.05) is 31.3 Å². The molecule has 2 aromatic rings. The van der Waals surface area contributed by atoms with Crippen LogP contribution in [0.25, 0.3) is 0 Å². The monoisotopic (exact) mass is 218 g/mol. The molecule has 0 saturated carbocycles. The average molecular weight is 218 g/mol. The first-order valence-electron chi connectivity index (χ1n) is 5.13. The molecule has 0 bridgehead atoms. The van der Waals surface area contributed by atoms with Gasteiger partial charge in [-0.1, -0.05) is 0 Å². The molecule has 0 unspecified atom stereocenters. The van der Waals surface area contributed by atoms with Crippen molar-refractivity contribution in [3.8, 4) is 5.88 Å². The zero-order valence-electron chi connectivity index (χ0n) is 9.14. The van der Waals surface area contributed by atoms with Gasteiger partial charge in [0.15, 0.2) is 0 Å². The summed E-state index contributed by atoms with van der Waals surface area (Å²) in [6, 6.07) is 7.58. The predicted octanol–water partition coefficient (Wildman–Crippen LogP) is 1.97. The molecule has 0 aliphatic carbocycles. The van der Waals surface area contributed by atoms with Crippen LogP contribution in [0.5, 0.6) is 5.88 Å². The Balaban J connectivity index is 1.96. The molecule has 0 saturated heterocycles. The van der Waals surface area contributed by atoms with Gasteiger partial charge in [0.2, 0.25) is 5.88 Å². The quantitative estimate of drug-likeness (QED) is 0.833. The highest BCUT2D eigenvalue weighted by molar-refractivity contribution is 5.20. The third-order valence-corrected chi connectivity index (χ3v) is 2.12. The summed E-state index contributed by atoms with van der Waals surface area (Å²) >= 11 is 0. The molecule has 0 aliphatic rings. The van der Waals surface area contributed by atoms with E-state index in [-0.39, 0.29) is 0 Å². The number of nitrogens with zero attached hydrogens (tertiary/aromatic N) is 1. The highest BCUT2D eigenvalue weighted by Crippen LogP contribution is 2.11. The van der Waals surface area contributed by atoms with Gasteiger partial charge in [0.25, 0.3) is 0 Å². The van der Waals surface area contributed by atoms with Crippen LogP contribution in [0.2, 0.25) is 0 Å². The SMILES string of the molecule is CNCc1ccnc(OCc2ccco2)c1. The van der Waals surface area contributed by atoms with Crippen molar-refractivity contribution in [2.75, 3.05) is 7.05 Å². The Labute approximate surface area is 94.3 Å². The van der Waals surface area contributed by atoms with E-state index in [9.17, 15) is 0 Å². The summed E-state index contributed by atoms with van der Waals surface area (Å²) in [5, 5.41) is 3.08. The summed E-state index contributed by atoms with van der Waals surface area (Å²) in [6.45, 7) is 1.21. The number of aromatic nitrogens is 1. The van der Waals surface area contributed by atoms with Gasteiger partial charge in [-0.15, -0.1) is 0 Å². The van der Waals surface area contributed by atoms with Crippen LogP contribution < -0.4 is 10.1 Å². The van der Waals surface area contributed by atoms with Crippen LogP contribution in [0.1, 0.15) is 11.3 Å². The summed E-state index contributed by atoms with van der Waals surface area (Å²) in [5.74, 6) is 1.41. The van der Waals surface area contributed by atoms with Crippen molar-refractivity contribution in [1.29, 1.82) is 0 Å². The third-order valence-electron chi connectivity index (χ3n) is 2.12. The maximum Gasteiger partial charge on any atom is 0.213 e. The standard InChI is InChI=1S/C12H14N2O2/c1-13-8-10-4-5-14-12(7-10)16-9-11-3-2-6-15-11/h2-7,13H,8-9H2,1H3. The van der Waals surface area contributed by atoms with Gasteiger partial charge in [-0.2, -0.15) is 0 Å². The van der Waals surface area contributed by atoms with Crippen molar-refractivity contribution in [2.45, 2.75) is 13.2 Å². The summed E-state index contributed by atoms with van der Waals surface area (Å²) in [5.41, 5.74) is 1.15. The largest absolute Gasteiger partial charge is 0.469 e. The molecule has 0 amide bonds. The molecule has 0 aliphatic heterocycles. The van der Waals surface area contributed by atoms with Gasteiger partial charge in [-0.3, -0.25) is 0 Å². The number of ether oxygens (including phenoxy) is 1. The van der Waals surface area contributed by atoms with E-state index in [0.717, 1.165) is 17.9 Å². The molecular formula is C12H14N2O2. The summed E-state index contributed by atoms with van der Waals surface area (Å²) in [6.07, 6.45) is 3.37. The zero-order chi connectivity index (χ0) is 11.2. The number of hydrogen-bond donors (Lipinski definition) is 1. The van der Waals surface area contributed by atoms with Gasteiger partial charge >= 0.3 is 0 Å². The van der Waals surface area contributed by atoms with E-state index >= 15 is 0 Å². The summed E-state index contributed by atoms with van der Waals surface area (Å²) < 4.78 is 10.7. The van der Waals surface area contributed by atoms with E-state index in [1.165, 1.54) is 0 Å². The molecule has 0 fully saturated rings. The van der Waals surface area contributed by atoms with Crippen molar-refractivity contribution in [3.63, 3.8) is 0 Å². The fraction of sp³-hybridized carbons (Fsp3) is 0.250. The number of nitrogens with one attached hydrogen (secondary N) is 1. The second kappa shape index (κ2) is 5.32. The molecule has 4 nitrogen and oxygen atoms in total. The Morgan fingerprint density at radius 2 is 2.38 bits per heavy atom. The molecule has 2 rings (SSSR count). The molecule has 4 heteroatoms. The first-order valence-corrected chi connectivity index (χ1v) is 5.13. The lowest BCUT2D eigenvalue weighted by atomic mass is 10.3. The van der Waals surface area contributed by atoms with Crippen molar-refractivity contribution >= 4 is 0 Å². The lowest BCUT2D eigenvalue weighted by Crippen LogP contribution is -2.05. The maximum absolute atomic E-state index is 5.50. The van der Waals surface area contributed by atoms with Gasteiger partial charge in [0.1, 0.15) is 12.4 Å². The fourth-order valence-corrected chi connectivity index (χ4v) is 1.38. The summed E-state index contributed by atoms with van der Waals surface area (Å²) in [4.78, 5) is 4.13. The average Bonchev–Trinajstić information content (AvgIpc) is 2.80. The first kappa shape index (κ1) is 10.7. The predicted molar refractivity (Wildman–Crippen MR) is 60.0 cm³/mol. The second-order valence-corrected chi connectivity index (χ2v) is 3.40. The second-order valence-electron chi connectivity index (χ2n) is 3.40. The third kappa shape index (κ3) is 2.84. The molecule has 0 spiro atoms. The Kier molecular flexibility index (Phi) is 3.56. The van der Waals surface area contributed by atoms with Crippen LogP contribution in [-0.2, 0) is 13.2 Å². The smallest absolute Gasteiger partial charge is 0.213 e. The molecule has 2 heterocycles. The first-order chi connectivity index (χ1) is 7.88. The number of hydrogen-bond acceptors (Lipinski definition) is 4. The Bertz CT molecular complexity index is 426. The summed E-state index contributed by atoms with van der Waals surface area (Å²) in [7, 11) is 1.91. The van der Waals surface area contributed by atoms with E-state index < -0.39 is 0 Å².